The third-order valence-corrected chi connectivity index (χ3v) is 3.98. The van der Waals surface area contributed by atoms with Gasteiger partial charge in [-0.15, -0.1) is 0 Å². The van der Waals surface area contributed by atoms with Crippen molar-refractivity contribution in [3.8, 4) is 0 Å². The molecule has 0 aromatic carbocycles. The van der Waals surface area contributed by atoms with Gasteiger partial charge < -0.3 is 4.42 Å². The molecule has 2 unspecified atom stereocenters. The van der Waals surface area contributed by atoms with E-state index < -0.39 is 0 Å². The van der Waals surface area contributed by atoms with Gasteiger partial charge in [-0.2, -0.15) is 0 Å². The van der Waals surface area contributed by atoms with Crippen molar-refractivity contribution in [1.29, 1.82) is 0 Å². The summed E-state index contributed by atoms with van der Waals surface area (Å²) in [7, 11) is 0. The van der Waals surface area contributed by atoms with Gasteiger partial charge in [-0.25, -0.2) is 5.84 Å². The lowest BCUT2D eigenvalue weighted by Gasteiger charge is -2.26. The molecule has 1 aromatic heterocycles. The molecular formula is C12H17N3O2. The molecule has 0 radical (unpaired) electrons. The average Bonchev–Trinajstić information content (AvgIpc) is 3.03. The molecule has 1 saturated heterocycles. The van der Waals surface area contributed by atoms with Crippen LogP contribution in [0, 0.1) is 5.92 Å². The molecule has 3 rings (SSSR count). The fourth-order valence-electron chi connectivity index (χ4n) is 3.16. The van der Waals surface area contributed by atoms with Crippen LogP contribution in [0.1, 0.15) is 35.4 Å². The second kappa shape index (κ2) is 4.16. The van der Waals surface area contributed by atoms with Gasteiger partial charge in [0.25, 0.3) is 0 Å². The average molecular weight is 235 g/mol. The van der Waals surface area contributed by atoms with Crippen molar-refractivity contribution < 1.29 is 9.21 Å². The standard InChI is InChI=1S/C12H17N3O2/c13-14-12(16)11-9(3-4-17-11)7-15-6-8-1-2-10(15)5-8/h3-4,8,10H,1-2,5-7,13H2,(H,14,16). The van der Waals surface area contributed by atoms with Crippen LogP contribution in [-0.4, -0.2) is 23.4 Å². The van der Waals surface area contributed by atoms with E-state index in [4.69, 9.17) is 10.3 Å². The van der Waals surface area contributed by atoms with Crippen molar-refractivity contribution >= 4 is 5.91 Å². The Morgan fingerprint density at radius 3 is 3.12 bits per heavy atom. The molecule has 2 atom stereocenters. The van der Waals surface area contributed by atoms with Crippen molar-refractivity contribution in [2.24, 2.45) is 11.8 Å². The summed E-state index contributed by atoms with van der Waals surface area (Å²) in [6.07, 6.45) is 5.52. The molecule has 1 aliphatic carbocycles. The molecule has 1 amide bonds. The highest BCUT2D eigenvalue weighted by Gasteiger charge is 2.38. The Morgan fingerprint density at radius 2 is 2.47 bits per heavy atom. The van der Waals surface area contributed by atoms with E-state index in [0.717, 1.165) is 24.6 Å². The largest absolute Gasteiger partial charge is 0.459 e. The second-order valence-corrected chi connectivity index (χ2v) is 5.01. The molecule has 3 N–H and O–H groups in total. The number of nitrogen functional groups attached to an aromatic ring is 1. The first kappa shape index (κ1) is 10.8. The number of hydrogen-bond acceptors (Lipinski definition) is 4. The zero-order valence-corrected chi connectivity index (χ0v) is 9.69. The molecule has 2 aliphatic rings. The number of carbonyl (C=O) groups is 1. The van der Waals surface area contributed by atoms with Gasteiger partial charge >= 0.3 is 5.91 Å². The van der Waals surface area contributed by atoms with Crippen molar-refractivity contribution in [1.82, 2.24) is 10.3 Å². The number of nitrogens with two attached hydrogens (primary N) is 1. The van der Waals surface area contributed by atoms with E-state index in [0.29, 0.717) is 11.8 Å². The summed E-state index contributed by atoms with van der Waals surface area (Å²) < 4.78 is 5.19. The fraction of sp³-hybridized carbons (Fsp3) is 0.583. The molecule has 5 heteroatoms. The first-order valence-corrected chi connectivity index (χ1v) is 6.09. The van der Waals surface area contributed by atoms with Crippen molar-refractivity contribution in [2.75, 3.05) is 6.54 Å². The topological polar surface area (TPSA) is 71.5 Å². The molecular weight excluding hydrogens is 218 g/mol. The van der Waals surface area contributed by atoms with E-state index in [9.17, 15) is 4.79 Å². The van der Waals surface area contributed by atoms with E-state index >= 15 is 0 Å². The first-order valence-electron chi connectivity index (χ1n) is 6.09. The predicted octanol–water partition coefficient (Wildman–Crippen LogP) is 0.867. The number of piperidine rings is 1. The summed E-state index contributed by atoms with van der Waals surface area (Å²) in [5.74, 6) is 5.98. The molecule has 2 heterocycles. The molecule has 92 valence electrons. The maximum Gasteiger partial charge on any atom is 0.301 e. The highest BCUT2D eigenvalue weighted by Crippen LogP contribution is 2.38. The molecule has 2 fully saturated rings. The summed E-state index contributed by atoms with van der Waals surface area (Å²) in [4.78, 5) is 13.9. The highest BCUT2D eigenvalue weighted by molar-refractivity contribution is 5.92. The number of amides is 1. The number of likely N-dealkylation sites (tertiary alicyclic amines) is 1. The summed E-state index contributed by atoms with van der Waals surface area (Å²) in [6.45, 7) is 1.94. The van der Waals surface area contributed by atoms with E-state index in [1.807, 2.05) is 6.07 Å². The maximum atomic E-state index is 11.5. The zero-order valence-electron chi connectivity index (χ0n) is 9.69. The van der Waals surface area contributed by atoms with E-state index in [2.05, 4.69) is 10.3 Å². The lowest BCUT2D eigenvalue weighted by molar-refractivity contribution is 0.0922. The van der Waals surface area contributed by atoms with Gasteiger partial charge in [0.2, 0.25) is 0 Å². The zero-order chi connectivity index (χ0) is 11.8. The van der Waals surface area contributed by atoms with Crippen LogP contribution in [0.25, 0.3) is 0 Å². The third-order valence-electron chi connectivity index (χ3n) is 3.98. The monoisotopic (exact) mass is 235 g/mol. The SMILES string of the molecule is NNC(=O)c1occc1CN1CC2CCC1C2. The molecule has 1 saturated carbocycles. The molecule has 0 spiro atoms. The number of carbonyl (C=O) groups excluding carboxylic acids is 1. The summed E-state index contributed by atoms with van der Waals surface area (Å²) in [5, 5.41) is 0. The van der Waals surface area contributed by atoms with E-state index in [1.165, 1.54) is 19.3 Å². The molecule has 2 bridgehead atoms. The minimum atomic E-state index is -0.352. The Labute approximate surface area is 99.9 Å². The number of furan rings is 1. The van der Waals surface area contributed by atoms with Gasteiger partial charge in [0, 0.05) is 24.7 Å². The van der Waals surface area contributed by atoms with Gasteiger partial charge in [-0.3, -0.25) is 15.1 Å². The highest BCUT2D eigenvalue weighted by atomic mass is 16.3. The quantitative estimate of drug-likeness (QED) is 0.463. The van der Waals surface area contributed by atoms with Crippen LogP contribution in [0.2, 0.25) is 0 Å². The van der Waals surface area contributed by atoms with Gasteiger partial charge in [-0.1, -0.05) is 0 Å². The predicted molar refractivity (Wildman–Crippen MR) is 61.9 cm³/mol. The fourth-order valence-corrected chi connectivity index (χ4v) is 3.16. The normalized spacial score (nSPS) is 27.6. The Balaban J connectivity index is 1.73. The van der Waals surface area contributed by atoms with Crippen LogP contribution >= 0.6 is 0 Å². The summed E-state index contributed by atoms with van der Waals surface area (Å²) in [5.41, 5.74) is 3.05. The van der Waals surface area contributed by atoms with Crippen LogP contribution in [0.5, 0.6) is 0 Å². The van der Waals surface area contributed by atoms with Gasteiger partial charge in [0.1, 0.15) is 0 Å². The molecule has 1 aliphatic heterocycles. The second-order valence-electron chi connectivity index (χ2n) is 5.01. The maximum absolute atomic E-state index is 11.5. The number of fused-ring (bicyclic) bond motifs is 2. The number of hydrazine groups is 1. The van der Waals surface area contributed by atoms with Crippen LogP contribution in [-0.2, 0) is 6.54 Å². The number of nitrogens with zero attached hydrogens (tertiary/aromatic N) is 1. The van der Waals surface area contributed by atoms with Crippen molar-refractivity contribution in [2.45, 2.75) is 31.8 Å². The molecule has 5 nitrogen and oxygen atoms in total. The van der Waals surface area contributed by atoms with E-state index in [1.54, 1.807) is 6.26 Å². The number of nitrogens with one attached hydrogen (secondary N) is 1. The van der Waals surface area contributed by atoms with Crippen molar-refractivity contribution in [3.63, 3.8) is 0 Å². The molecule has 1 aromatic rings. The Bertz CT molecular complexity index is 429. The summed E-state index contributed by atoms with van der Waals surface area (Å²) in [6, 6.07) is 2.56. The third kappa shape index (κ3) is 1.85. The van der Waals surface area contributed by atoms with Crippen LogP contribution in [0.3, 0.4) is 0 Å². The van der Waals surface area contributed by atoms with Crippen LogP contribution in [0.4, 0.5) is 0 Å². The Kier molecular flexibility index (Phi) is 2.64. The van der Waals surface area contributed by atoms with E-state index in [-0.39, 0.29) is 5.91 Å². The number of hydrogen-bond donors (Lipinski definition) is 2. The lowest BCUT2D eigenvalue weighted by Crippen LogP contribution is -2.33. The lowest BCUT2D eigenvalue weighted by atomic mass is 10.1. The van der Waals surface area contributed by atoms with Gasteiger partial charge in [-0.05, 0) is 31.2 Å². The van der Waals surface area contributed by atoms with Gasteiger partial charge in [0.05, 0.1) is 6.26 Å². The van der Waals surface area contributed by atoms with Crippen molar-refractivity contribution in [3.05, 3.63) is 23.7 Å². The minimum Gasteiger partial charge on any atom is -0.459 e. The minimum absolute atomic E-state index is 0.343. The van der Waals surface area contributed by atoms with Crippen LogP contribution < -0.4 is 11.3 Å². The van der Waals surface area contributed by atoms with Crippen LogP contribution in [0.15, 0.2) is 16.7 Å². The first-order chi connectivity index (χ1) is 8.28. The number of rotatable bonds is 3. The Morgan fingerprint density at radius 1 is 1.59 bits per heavy atom. The smallest absolute Gasteiger partial charge is 0.301 e. The van der Waals surface area contributed by atoms with Gasteiger partial charge in [0.15, 0.2) is 5.76 Å². The Hall–Kier alpha value is -1.33. The molecule has 17 heavy (non-hydrogen) atoms. The summed E-state index contributed by atoms with van der Waals surface area (Å²) >= 11 is 0.